The normalized spacial score (nSPS) is 10.8. The van der Waals surface area contributed by atoms with Gasteiger partial charge >= 0.3 is 0 Å². The second-order valence-electron chi connectivity index (χ2n) is 2.76. The molecule has 0 unspecified atom stereocenters. The summed E-state index contributed by atoms with van der Waals surface area (Å²) >= 11 is 0. The maximum atomic E-state index is 9.40. The molecule has 1 aromatic carbocycles. The van der Waals surface area contributed by atoms with Gasteiger partial charge in [-0.2, -0.15) is 0 Å². The Labute approximate surface area is 71.0 Å². The number of aromatic hydroxyl groups is 1. The lowest BCUT2D eigenvalue weighted by Crippen LogP contribution is -1.89. The molecule has 1 aromatic rings. The molecule has 0 heterocycles. The molecule has 0 saturated carbocycles. The number of aryl methyl sites for hydroxylation is 2. The standard InChI is InChI=1S/C9H11NO2/c1-6-3-7(2)8(5-10-12)9(11)4-6/h3-5,11-12H,1-2H3/b10-5+. The smallest absolute Gasteiger partial charge is 0.125 e. The Bertz CT molecular complexity index is 295. The minimum absolute atomic E-state index is 0.144. The minimum atomic E-state index is 0.144. The predicted molar refractivity (Wildman–Crippen MR) is 47.0 cm³/mol. The number of rotatable bonds is 1. The van der Waals surface area contributed by atoms with E-state index in [-0.39, 0.29) is 5.75 Å². The van der Waals surface area contributed by atoms with Gasteiger partial charge in [0.05, 0.1) is 6.21 Å². The minimum Gasteiger partial charge on any atom is -0.507 e. The lowest BCUT2D eigenvalue weighted by atomic mass is 10.1. The van der Waals surface area contributed by atoms with Crippen LogP contribution in [0.15, 0.2) is 17.3 Å². The number of hydrogen-bond donors (Lipinski definition) is 2. The van der Waals surface area contributed by atoms with Crippen LogP contribution in [0.3, 0.4) is 0 Å². The Kier molecular flexibility index (Phi) is 2.33. The average Bonchev–Trinajstić information content (AvgIpc) is 1.96. The van der Waals surface area contributed by atoms with Crippen molar-refractivity contribution in [1.29, 1.82) is 0 Å². The van der Waals surface area contributed by atoms with Gasteiger partial charge < -0.3 is 10.3 Å². The van der Waals surface area contributed by atoms with Gasteiger partial charge in [0.25, 0.3) is 0 Å². The lowest BCUT2D eigenvalue weighted by Gasteiger charge is -2.03. The zero-order chi connectivity index (χ0) is 9.14. The molecule has 0 fully saturated rings. The molecule has 3 nitrogen and oxygen atoms in total. The number of nitrogens with zero attached hydrogens (tertiary/aromatic N) is 1. The maximum Gasteiger partial charge on any atom is 0.125 e. The van der Waals surface area contributed by atoms with Crippen molar-refractivity contribution in [1.82, 2.24) is 0 Å². The third-order valence-electron chi connectivity index (χ3n) is 1.70. The van der Waals surface area contributed by atoms with E-state index < -0.39 is 0 Å². The van der Waals surface area contributed by atoms with E-state index in [1.165, 1.54) is 6.21 Å². The van der Waals surface area contributed by atoms with Gasteiger partial charge in [0.2, 0.25) is 0 Å². The zero-order valence-corrected chi connectivity index (χ0v) is 7.07. The second kappa shape index (κ2) is 3.26. The summed E-state index contributed by atoms with van der Waals surface area (Å²) in [5.74, 6) is 0.144. The van der Waals surface area contributed by atoms with Crippen molar-refractivity contribution in [3.8, 4) is 5.75 Å². The summed E-state index contributed by atoms with van der Waals surface area (Å²) in [6.07, 6.45) is 1.23. The monoisotopic (exact) mass is 165 g/mol. The highest BCUT2D eigenvalue weighted by Gasteiger charge is 2.02. The first-order valence-electron chi connectivity index (χ1n) is 3.63. The van der Waals surface area contributed by atoms with Gasteiger partial charge in [-0.3, -0.25) is 0 Å². The summed E-state index contributed by atoms with van der Waals surface area (Å²) in [6, 6.07) is 3.54. The van der Waals surface area contributed by atoms with Gasteiger partial charge in [0.1, 0.15) is 5.75 Å². The first-order valence-corrected chi connectivity index (χ1v) is 3.63. The molecule has 0 aliphatic rings. The summed E-state index contributed by atoms with van der Waals surface area (Å²) in [5, 5.41) is 20.6. The van der Waals surface area contributed by atoms with Crippen LogP contribution in [0.2, 0.25) is 0 Å². The Morgan fingerprint density at radius 2 is 2.00 bits per heavy atom. The van der Waals surface area contributed by atoms with Crippen LogP contribution in [0.1, 0.15) is 16.7 Å². The molecule has 12 heavy (non-hydrogen) atoms. The fraction of sp³-hybridized carbons (Fsp3) is 0.222. The van der Waals surface area contributed by atoms with E-state index in [0.717, 1.165) is 11.1 Å². The maximum absolute atomic E-state index is 9.40. The molecule has 0 aliphatic heterocycles. The molecule has 0 atom stereocenters. The van der Waals surface area contributed by atoms with Crippen molar-refractivity contribution in [2.24, 2.45) is 5.16 Å². The van der Waals surface area contributed by atoms with Crippen molar-refractivity contribution in [2.75, 3.05) is 0 Å². The topological polar surface area (TPSA) is 52.8 Å². The summed E-state index contributed by atoms with van der Waals surface area (Å²) in [5.41, 5.74) is 2.44. The summed E-state index contributed by atoms with van der Waals surface area (Å²) in [6.45, 7) is 3.75. The highest BCUT2D eigenvalue weighted by molar-refractivity contribution is 5.85. The molecule has 3 heteroatoms. The first-order chi connectivity index (χ1) is 5.65. The van der Waals surface area contributed by atoms with Crippen molar-refractivity contribution >= 4 is 6.21 Å². The van der Waals surface area contributed by atoms with Gasteiger partial charge in [-0.15, -0.1) is 0 Å². The SMILES string of the molecule is Cc1cc(C)c(/C=N/O)c(O)c1. The highest BCUT2D eigenvalue weighted by Crippen LogP contribution is 2.20. The number of oxime groups is 1. The first kappa shape index (κ1) is 8.59. The van der Waals surface area contributed by atoms with Crippen LogP contribution in [-0.2, 0) is 0 Å². The molecule has 64 valence electrons. The molecule has 0 aliphatic carbocycles. The molecule has 1 rings (SSSR count). The third-order valence-corrected chi connectivity index (χ3v) is 1.70. The van der Waals surface area contributed by atoms with E-state index in [2.05, 4.69) is 5.16 Å². The second-order valence-corrected chi connectivity index (χ2v) is 2.76. The van der Waals surface area contributed by atoms with Crippen LogP contribution in [0.4, 0.5) is 0 Å². The van der Waals surface area contributed by atoms with E-state index in [1.807, 2.05) is 19.9 Å². The van der Waals surface area contributed by atoms with Gasteiger partial charge in [-0.1, -0.05) is 11.2 Å². The average molecular weight is 165 g/mol. The van der Waals surface area contributed by atoms with Crippen molar-refractivity contribution in [3.63, 3.8) is 0 Å². The van der Waals surface area contributed by atoms with E-state index in [0.29, 0.717) is 5.56 Å². The molecule has 0 bridgehead atoms. The van der Waals surface area contributed by atoms with Gasteiger partial charge in [0.15, 0.2) is 0 Å². The third kappa shape index (κ3) is 1.56. The van der Waals surface area contributed by atoms with E-state index >= 15 is 0 Å². The Hall–Kier alpha value is -1.51. The lowest BCUT2D eigenvalue weighted by molar-refractivity contribution is 0.321. The van der Waals surface area contributed by atoms with Gasteiger partial charge in [0, 0.05) is 5.56 Å². The largest absolute Gasteiger partial charge is 0.507 e. The molecule has 2 N–H and O–H groups in total. The summed E-state index contributed by atoms with van der Waals surface area (Å²) in [4.78, 5) is 0. The fourth-order valence-corrected chi connectivity index (χ4v) is 1.18. The zero-order valence-electron chi connectivity index (χ0n) is 7.07. The highest BCUT2D eigenvalue weighted by atomic mass is 16.4. The quantitative estimate of drug-likeness (QED) is 0.379. The number of benzene rings is 1. The van der Waals surface area contributed by atoms with Crippen molar-refractivity contribution in [3.05, 3.63) is 28.8 Å². The van der Waals surface area contributed by atoms with E-state index in [9.17, 15) is 5.11 Å². The summed E-state index contributed by atoms with van der Waals surface area (Å²) in [7, 11) is 0. The van der Waals surface area contributed by atoms with E-state index in [1.54, 1.807) is 6.07 Å². The Morgan fingerprint density at radius 1 is 1.33 bits per heavy atom. The molecule has 0 amide bonds. The van der Waals surface area contributed by atoms with E-state index in [4.69, 9.17) is 5.21 Å². The van der Waals surface area contributed by atoms with Gasteiger partial charge in [-0.05, 0) is 31.0 Å². The predicted octanol–water partition coefficient (Wildman–Crippen LogP) is 1.82. The van der Waals surface area contributed by atoms with Crippen LogP contribution >= 0.6 is 0 Å². The fourth-order valence-electron chi connectivity index (χ4n) is 1.18. The van der Waals surface area contributed by atoms with Crippen molar-refractivity contribution < 1.29 is 10.3 Å². The molecule has 0 saturated heterocycles. The Balaban J connectivity index is 3.28. The van der Waals surface area contributed by atoms with Crippen LogP contribution in [0, 0.1) is 13.8 Å². The van der Waals surface area contributed by atoms with Crippen LogP contribution in [0.5, 0.6) is 5.75 Å². The van der Waals surface area contributed by atoms with Crippen LogP contribution in [0.25, 0.3) is 0 Å². The number of hydrogen-bond acceptors (Lipinski definition) is 3. The number of phenolic OH excluding ortho intramolecular Hbond substituents is 1. The number of phenols is 1. The summed E-state index contributed by atoms with van der Waals surface area (Å²) < 4.78 is 0. The van der Waals surface area contributed by atoms with Crippen LogP contribution in [-0.4, -0.2) is 16.5 Å². The van der Waals surface area contributed by atoms with Gasteiger partial charge in [-0.25, -0.2) is 0 Å². The molecule has 0 radical (unpaired) electrons. The molecular weight excluding hydrogens is 154 g/mol. The Morgan fingerprint density at radius 3 is 2.50 bits per heavy atom. The molecule has 0 spiro atoms. The molecular formula is C9H11NO2. The van der Waals surface area contributed by atoms with Crippen LogP contribution < -0.4 is 0 Å². The van der Waals surface area contributed by atoms with Crippen molar-refractivity contribution in [2.45, 2.75) is 13.8 Å². The molecule has 0 aromatic heterocycles.